The second-order valence-corrected chi connectivity index (χ2v) is 4.24. The van der Waals surface area contributed by atoms with Gasteiger partial charge < -0.3 is 9.84 Å². The maximum Gasteiger partial charge on any atom is 0.260 e. The lowest BCUT2D eigenvalue weighted by molar-refractivity contribution is 0.102. The number of carbonyl (C=O) groups excluding carboxylic acids is 1. The summed E-state index contributed by atoms with van der Waals surface area (Å²) in [6.07, 6.45) is 2.38. The van der Waals surface area contributed by atoms with Crippen molar-refractivity contribution in [3.63, 3.8) is 0 Å². The fourth-order valence-electron chi connectivity index (χ4n) is 1.85. The maximum absolute atomic E-state index is 12.0. The molecule has 18 heavy (non-hydrogen) atoms. The van der Waals surface area contributed by atoms with Crippen LogP contribution in [0.5, 0.6) is 0 Å². The van der Waals surface area contributed by atoms with Crippen LogP contribution in [0.25, 0.3) is 0 Å². The SMILES string of the molecule is CCc1cc(NC(=O)c2cnoc2C)ccc1C. The van der Waals surface area contributed by atoms with Crippen molar-refractivity contribution in [2.24, 2.45) is 0 Å². The van der Waals surface area contributed by atoms with Gasteiger partial charge in [-0.1, -0.05) is 18.1 Å². The number of hydrogen-bond donors (Lipinski definition) is 1. The Kier molecular flexibility index (Phi) is 3.46. The minimum atomic E-state index is -0.195. The van der Waals surface area contributed by atoms with Crippen molar-refractivity contribution in [3.8, 4) is 0 Å². The summed E-state index contributed by atoms with van der Waals surface area (Å²) < 4.78 is 4.88. The monoisotopic (exact) mass is 244 g/mol. The van der Waals surface area contributed by atoms with Gasteiger partial charge in [-0.15, -0.1) is 0 Å². The van der Waals surface area contributed by atoms with Crippen molar-refractivity contribution in [3.05, 3.63) is 46.8 Å². The molecule has 0 saturated heterocycles. The topological polar surface area (TPSA) is 55.1 Å². The number of nitrogens with zero attached hydrogens (tertiary/aromatic N) is 1. The molecule has 0 fully saturated rings. The molecule has 0 saturated carbocycles. The van der Waals surface area contributed by atoms with Gasteiger partial charge in [-0.3, -0.25) is 4.79 Å². The molecule has 0 aliphatic heterocycles. The molecule has 1 heterocycles. The average molecular weight is 244 g/mol. The maximum atomic E-state index is 12.0. The lowest BCUT2D eigenvalue weighted by Gasteiger charge is -2.08. The normalized spacial score (nSPS) is 10.4. The fraction of sp³-hybridized carbons (Fsp3) is 0.286. The Labute approximate surface area is 106 Å². The molecule has 0 aliphatic carbocycles. The minimum Gasteiger partial charge on any atom is -0.361 e. The Morgan fingerprint density at radius 1 is 1.39 bits per heavy atom. The largest absolute Gasteiger partial charge is 0.361 e. The third-order valence-corrected chi connectivity index (χ3v) is 2.98. The molecule has 0 spiro atoms. The van der Waals surface area contributed by atoms with Crippen LogP contribution in [0.1, 0.15) is 34.2 Å². The predicted molar refractivity (Wildman–Crippen MR) is 69.8 cm³/mol. The van der Waals surface area contributed by atoms with E-state index >= 15 is 0 Å². The standard InChI is InChI=1S/C14H16N2O2/c1-4-11-7-12(6-5-9(11)2)16-14(17)13-8-15-18-10(13)3/h5-8H,4H2,1-3H3,(H,16,17). The van der Waals surface area contributed by atoms with Gasteiger partial charge in [0.05, 0.1) is 6.20 Å². The highest BCUT2D eigenvalue weighted by molar-refractivity contribution is 6.04. The van der Waals surface area contributed by atoms with E-state index in [1.807, 2.05) is 18.2 Å². The van der Waals surface area contributed by atoms with Crippen LogP contribution in [-0.4, -0.2) is 11.1 Å². The highest BCUT2D eigenvalue weighted by Crippen LogP contribution is 2.17. The summed E-state index contributed by atoms with van der Waals surface area (Å²) in [6.45, 7) is 5.88. The quantitative estimate of drug-likeness (QED) is 0.902. The number of benzene rings is 1. The number of rotatable bonds is 3. The second-order valence-electron chi connectivity index (χ2n) is 4.24. The van der Waals surface area contributed by atoms with Crippen LogP contribution in [0.15, 0.2) is 28.9 Å². The predicted octanol–water partition coefficient (Wildman–Crippen LogP) is 3.11. The van der Waals surface area contributed by atoms with Gasteiger partial charge in [0.2, 0.25) is 0 Å². The summed E-state index contributed by atoms with van der Waals surface area (Å²) in [5.74, 6) is 0.329. The third kappa shape index (κ3) is 2.42. The van der Waals surface area contributed by atoms with Gasteiger partial charge >= 0.3 is 0 Å². The average Bonchev–Trinajstić information content (AvgIpc) is 2.78. The summed E-state index contributed by atoms with van der Waals surface area (Å²) in [4.78, 5) is 12.0. The fourth-order valence-corrected chi connectivity index (χ4v) is 1.85. The van der Waals surface area contributed by atoms with E-state index in [1.165, 1.54) is 17.3 Å². The number of aryl methyl sites for hydroxylation is 3. The molecule has 2 rings (SSSR count). The van der Waals surface area contributed by atoms with Crippen molar-refractivity contribution in [2.75, 3.05) is 5.32 Å². The molecule has 0 radical (unpaired) electrons. The van der Waals surface area contributed by atoms with Crippen molar-refractivity contribution >= 4 is 11.6 Å². The van der Waals surface area contributed by atoms with Crippen molar-refractivity contribution < 1.29 is 9.32 Å². The summed E-state index contributed by atoms with van der Waals surface area (Å²) >= 11 is 0. The zero-order valence-electron chi connectivity index (χ0n) is 10.8. The molecular weight excluding hydrogens is 228 g/mol. The van der Waals surface area contributed by atoms with E-state index in [2.05, 4.69) is 24.3 Å². The molecular formula is C14H16N2O2. The van der Waals surface area contributed by atoms with Crippen LogP contribution in [0, 0.1) is 13.8 Å². The number of carbonyl (C=O) groups is 1. The van der Waals surface area contributed by atoms with E-state index in [0.29, 0.717) is 11.3 Å². The highest BCUT2D eigenvalue weighted by Gasteiger charge is 2.13. The number of anilines is 1. The van der Waals surface area contributed by atoms with E-state index in [0.717, 1.165) is 12.1 Å². The molecule has 1 aromatic heterocycles. The molecule has 0 bridgehead atoms. The first kappa shape index (κ1) is 12.4. The highest BCUT2D eigenvalue weighted by atomic mass is 16.5. The first-order valence-corrected chi connectivity index (χ1v) is 5.94. The van der Waals surface area contributed by atoms with Gasteiger partial charge in [-0.05, 0) is 43.5 Å². The van der Waals surface area contributed by atoms with E-state index < -0.39 is 0 Å². The van der Waals surface area contributed by atoms with Gasteiger partial charge in [0.25, 0.3) is 5.91 Å². The Morgan fingerprint density at radius 3 is 2.78 bits per heavy atom. The van der Waals surface area contributed by atoms with Crippen LogP contribution in [0.4, 0.5) is 5.69 Å². The summed E-state index contributed by atoms with van der Waals surface area (Å²) in [7, 11) is 0. The zero-order chi connectivity index (χ0) is 13.1. The van der Waals surface area contributed by atoms with E-state index in [9.17, 15) is 4.79 Å². The van der Waals surface area contributed by atoms with Gasteiger partial charge in [0, 0.05) is 5.69 Å². The first-order chi connectivity index (χ1) is 8.61. The molecule has 0 unspecified atom stereocenters. The summed E-state index contributed by atoms with van der Waals surface area (Å²) in [5, 5.41) is 6.44. The summed E-state index contributed by atoms with van der Waals surface area (Å²) in [5.41, 5.74) is 3.73. The third-order valence-electron chi connectivity index (χ3n) is 2.98. The Balaban J connectivity index is 2.20. The Hall–Kier alpha value is -2.10. The van der Waals surface area contributed by atoms with E-state index in [4.69, 9.17) is 4.52 Å². The zero-order valence-corrected chi connectivity index (χ0v) is 10.8. The van der Waals surface area contributed by atoms with Gasteiger partial charge in [0.15, 0.2) is 0 Å². The number of aromatic nitrogens is 1. The van der Waals surface area contributed by atoms with Crippen LogP contribution < -0.4 is 5.32 Å². The van der Waals surface area contributed by atoms with Crippen molar-refractivity contribution in [2.45, 2.75) is 27.2 Å². The number of hydrogen-bond acceptors (Lipinski definition) is 3. The lowest BCUT2D eigenvalue weighted by atomic mass is 10.1. The molecule has 0 atom stereocenters. The molecule has 1 aromatic carbocycles. The number of nitrogens with one attached hydrogen (secondary N) is 1. The van der Waals surface area contributed by atoms with Gasteiger partial charge in [-0.25, -0.2) is 0 Å². The van der Waals surface area contributed by atoms with Crippen LogP contribution >= 0.6 is 0 Å². The first-order valence-electron chi connectivity index (χ1n) is 5.94. The summed E-state index contributed by atoms with van der Waals surface area (Å²) in [6, 6.07) is 5.90. The van der Waals surface area contributed by atoms with E-state index in [1.54, 1.807) is 6.92 Å². The molecule has 1 amide bonds. The molecule has 4 heteroatoms. The molecule has 0 aliphatic rings. The Morgan fingerprint density at radius 2 is 2.17 bits per heavy atom. The molecule has 2 aromatic rings. The molecule has 4 nitrogen and oxygen atoms in total. The van der Waals surface area contributed by atoms with Gasteiger partial charge in [0.1, 0.15) is 11.3 Å². The van der Waals surface area contributed by atoms with E-state index in [-0.39, 0.29) is 5.91 Å². The second kappa shape index (κ2) is 5.04. The van der Waals surface area contributed by atoms with Crippen molar-refractivity contribution in [1.82, 2.24) is 5.16 Å². The van der Waals surface area contributed by atoms with Crippen LogP contribution in [-0.2, 0) is 6.42 Å². The minimum absolute atomic E-state index is 0.195. The Bertz CT molecular complexity index is 573. The molecule has 1 N–H and O–H groups in total. The van der Waals surface area contributed by atoms with Crippen LogP contribution in [0.2, 0.25) is 0 Å². The number of amides is 1. The smallest absolute Gasteiger partial charge is 0.260 e. The van der Waals surface area contributed by atoms with Crippen molar-refractivity contribution in [1.29, 1.82) is 0 Å². The molecule has 94 valence electrons. The van der Waals surface area contributed by atoms with Crippen LogP contribution in [0.3, 0.4) is 0 Å². The van der Waals surface area contributed by atoms with Gasteiger partial charge in [-0.2, -0.15) is 0 Å². The lowest BCUT2D eigenvalue weighted by Crippen LogP contribution is -2.12.